The summed E-state index contributed by atoms with van der Waals surface area (Å²) in [5.74, 6) is 1.12. The first-order valence-corrected chi connectivity index (χ1v) is 12.0. The molecule has 1 aliphatic rings. The average molecular weight is 448 g/mol. The molecule has 0 fully saturated rings. The Kier molecular flexibility index (Phi) is 5.26. The number of hydrogen-bond acceptors (Lipinski definition) is 2. The average Bonchev–Trinajstić information content (AvgIpc) is 2.87. The number of pyridine rings is 1. The predicted octanol–water partition coefficient (Wildman–Crippen LogP) is 7.90. The van der Waals surface area contributed by atoms with Gasteiger partial charge >= 0.3 is 0 Å². The first-order valence-electron chi connectivity index (χ1n) is 12.0. The third-order valence-corrected chi connectivity index (χ3v) is 7.01. The van der Waals surface area contributed by atoms with Crippen molar-refractivity contribution in [3.63, 3.8) is 0 Å². The minimum atomic E-state index is -0.243. The largest absolute Gasteiger partial charge is 0.489 e. The Hall–Kier alpha value is -3.72. The van der Waals surface area contributed by atoms with Crippen LogP contribution in [0.2, 0.25) is 0 Å². The van der Waals surface area contributed by atoms with E-state index in [-0.39, 0.29) is 12.4 Å². The number of ether oxygens (including phenoxy) is 1. The van der Waals surface area contributed by atoms with Crippen molar-refractivity contribution < 1.29 is 9.13 Å². The van der Waals surface area contributed by atoms with Crippen LogP contribution in [-0.4, -0.2) is 4.98 Å². The lowest BCUT2D eigenvalue weighted by Gasteiger charge is -2.26. The number of hydrogen-bond donors (Lipinski definition) is 0. The van der Waals surface area contributed by atoms with Crippen LogP contribution in [0.3, 0.4) is 0 Å². The highest BCUT2D eigenvalue weighted by atomic mass is 19.1. The minimum absolute atomic E-state index is 0.209. The zero-order valence-electron chi connectivity index (χ0n) is 19.2. The van der Waals surface area contributed by atoms with Crippen LogP contribution >= 0.6 is 0 Å². The van der Waals surface area contributed by atoms with E-state index in [9.17, 15) is 4.39 Å². The lowest BCUT2D eigenvalue weighted by molar-refractivity contribution is 0.300. The molecule has 0 saturated heterocycles. The summed E-state index contributed by atoms with van der Waals surface area (Å²) in [5, 5.41) is 3.87. The summed E-state index contributed by atoms with van der Waals surface area (Å²) in [6, 6.07) is 27.7. The van der Waals surface area contributed by atoms with Crippen LogP contribution < -0.4 is 4.74 Å². The van der Waals surface area contributed by atoms with Crippen LogP contribution in [0.15, 0.2) is 84.9 Å². The van der Waals surface area contributed by atoms with E-state index in [1.54, 1.807) is 12.1 Å². The minimum Gasteiger partial charge on any atom is -0.489 e. The molecule has 168 valence electrons. The van der Waals surface area contributed by atoms with E-state index >= 15 is 0 Å². The molecule has 0 radical (unpaired) electrons. The van der Waals surface area contributed by atoms with E-state index in [1.165, 1.54) is 39.8 Å². The highest BCUT2D eigenvalue weighted by molar-refractivity contribution is 6.09. The Morgan fingerprint density at radius 3 is 2.53 bits per heavy atom. The van der Waals surface area contributed by atoms with Crippen molar-refractivity contribution >= 4 is 21.7 Å². The summed E-state index contributed by atoms with van der Waals surface area (Å²) in [4.78, 5) is 5.19. The molecule has 0 N–H and O–H groups in total. The molecule has 0 aliphatic heterocycles. The van der Waals surface area contributed by atoms with Gasteiger partial charge in [-0.2, -0.15) is 0 Å². The normalized spacial score (nSPS) is 15.4. The smallest absolute Gasteiger partial charge is 0.129 e. The third kappa shape index (κ3) is 3.71. The second kappa shape index (κ2) is 8.57. The van der Waals surface area contributed by atoms with Crippen LogP contribution in [0.4, 0.5) is 4.39 Å². The van der Waals surface area contributed by atoms with Gasteiger partial charge in [0.15, 0.2) is 0 Å². The topological polar surface area (TPSA) is 22.1 Å². The number of benzene rings is 4. The summed E-state index contributed by atoms with van der Waals surface area (Å²) < 4.78 is 19.8. The van der Waals surface area contributed by atoms with Crippen LogP contribution in [0.1, 0.15) is 30.0 Å². The third-order valence-electron chi connectivity index (χ3n) is 7.01. The zero-order chi connectivity index (χ0) is 23.1. The molecule has 2 nitrogen and oxygen atoms in total. The van der Waals surface area contributed by atoms with Crippen LogP contribution in [0.5, 0.6) is 5.75 Å². The van der Waals surface area contributed by atoms with E-state index in [2.05, 4.69) is 55.5 Å². The summed E-state index contributed by atoms with van der Waals surface area (Å²) in [6.07, 6.45) is 3.33. The molecule has 34 heavy (non-hydrogen) atoms. The maximum atomic E-state index is 13.9. The summed E-state index contributed by atoms with van der Waals surface area (Å²) in [6.45, 7) is 2.54. The fourth-order valence-corrected chi connectivity index (χ4v) is 5.21. The second-order valence-electron chi connectivity index (χ2n) is 9.35. The van der Waals surface area contributed by atoms with Crippen molar-refractivity contribution in [3.05, 3.63) is 107 Å². The van der Waals surface area contributed by atoms with Crippen molar-refractivity contribution in [2.45, 2.75) is 32.8 Å². The van der Waals surface area contributed by atoms with Gasteiger partial charge in [-0.3, -0.25) is 0 Å². The zero-order valence-corrected chi connectivity index (χ0v) is 19.2. The first kappa shape index (κ1) is 20.9. The van der Waals surface area contributed by atoms with Crippen molar-refractivity contribution in [2.75, 3.05) is 0 Å². The number of fused-ring (bicyclic) bond motifs is 5. The molecule has 1 unspecified atom stereocenters. The number of aromatic nitrogens is 1. The van der Waals surface area contributed by atoms with Gasteiger partial charge in [0, 0.05) is 16.5 Å². The number of aryl methyl sites for hydroxylation is 1. The second-order valence-corrected chi connectivity index (χ2v) is 9.35. The van der Waals surface area contributed by atoms with E-state index in [4.69, 9.17) is 9.72 Å². The van der Waals surface area contributed by atoms with Crippen LogP contribution in [0.25, 0.3) is 32.9 Å². The fraction of sp³-hybridized carbons (Fsp3) is 0.194. The van der Waals surface area contributed by atoms with E-state index in [0.717, 1.165) is 35.4 Å². The van der Waals surface area contributed by atoms with Gasteiger partial charge in [-0.25, -0.2) is 9.37 Å². The Labute approximate surface area is 199 Å². The quantitative estimate of drug-likeness (QED) is 0.261. The van der Waals surface area contributed by atoms with E-state index in [1.807, 2.05) is 18.2 Å². The lowest BCUT2D eigenvalue weighted by Crippen LogP contribution is -2.14. The summed E-state index contributed by atoms with van der Waals surface area (Å²) in [7, 11) is 0. The number of nitrogens with zero attached hydrogens (tertiary/aromatic N) is 1. The molecular formula is C31H26FNO. The van der Waals surface area contributed by atoms with Gasteiger partial charge in [0.2, 0.25) is 0 Å². The van der Waals surface area contributed by atoms with Crippen LogP contribution in [-0.2, 0) is 19.4 Å². The van der Waals surface area contributed by atoms with Gasteiger partial charge in [-0.15, -0.1) is 0 Å². The van der Waals surface area contributed by atoms with Gasteiger partial charge in [0.25, 0.3) is 0 Å². The van der Waals surface area contributed by atoms with Crippen molar-refractivity contribution in [2.24, 2.45) is 5.92 Å². The first-order chi connectivity index (χ1) is 16.7. The monoisotopic (exact) mass is 447 g/mol. The Morgan fingerprint density at radius 2 is 1.68 bits per heavy atom. The van der Waals surface area contributed by atoms with Gasteiger partial charge in [0.05, 0.1) is 11.2 Å². The Morgan fingerprint density at radius 1 is 0.882 bits per heavy atom. The van der Waals surface area contributed by atoms with Crippen molar-refractivity contribution in [3.8, 4) is 17.0 Å². The van der Waals surface area contributed by atoms with Crippen molar-refractivity contribution in [1.82, 2.24) is 4.98 Å². The molecule has 0 bridgehead atoms. The molecule has 1 aromatic heterocycles. The highest BCUT2D eigenvalue weighted by Gasteiger charge is 2.23. The molecule has 3 heteroatoms. The summed E-state index contributed by atoms with van der Waals surface area (Å²) in [5.41, 5.74) is 6.61. The molecule has 6 rings (SSSR count). The molecule has 4 aromatic carbocycles. The molecule has 0 saturated carbocycles. The Bertz CT molecular complexity index is 1510. The van der Waals surface area contributed by atoms with Crippen molar-refractivity contribution in [1.29, 1.82) is 0 Å². The summed E-state index contributed by atoms with van der Waals surface area (Å²) >= 11 is 0. The number of rotatable bonds is 4. The van der Waals surface area contributed by atoms with Crippen LogP contribution in [0, 0.1) is 11.7 Å². The Balaban J connectivity index is 1.40. The SMILES string of the molecule is CC1CCc2c(c(-c3ccc(OCc4ccccc4F)cc3)nc3ccc4ccccc4c23)C1. The molecule has 1 atom stereocenters. The highest BCUT2D eigenvalue weighted by Crippen LogP contribution is 2.39. The molecule has 1 aliphatic carbocycles. The molecule has 0 amide bonds. The predicted molar refractivity (Wildman–Crippen MR) is 137 cm³/mol. The number of halogens is 1. The van der Waals surface area contributed by atoms with Gasteiger partial charge < -0.3 is 4.74 Å². The maximum absolute atomic E-state index is 13.9. The van der Waals surface area contributed by atoms with E-state index in [0.29, 0.717) is 11.5 Å². The standard InChI is InChI=1S/C31H26FNO/c1-20-10-16-26-27(18-20)31(33-29-17-13-21-6-2-4-8-25(21)30(26)29)22-11-14-24(15-12-22)34-19-23-7-3-5-9-28(23)32/h2-9,11-15,17,20H,10,16,18-19H2,1H3. The van der Waals surface area contributed by atoms with E-state index < -0.39 is 0 Å². The van der Waals surface area contributed by atoms with Gasteiger partial charge in [-0.05, 0) is 83.5 Å². The molecule has 5 aromatic rings. The fourth-order valence-electron chi connectivity index (χ4n) is 5.21. The molecule has 0 spiro atoms. The molecular weight excluding hydrogens is 421 g/mol. The van der Waals surface area contributed by atoms with Gasteiger partial charge in [-0.1, -0.05) is 55.5 Å². The van der Waals surface area contributed by atoms with Gasteiger partial charge in [0.1, 0.15) is 18.2 Å². The lowest BCUT2D eigenvalue weighted by atomic mass is 9.80. The molecule has 1 heterocycles. The maximum Gasteiger partial charge on any atom is 0.129 e.